The number of fused-ring (bicyclic) bond motifs is 1. The molecule has 1 aromatic carbocycles. The van der Waals surface area contributed by atoms with Crippen LogP contribution in [0, 0.1) is 5.92 Å². The highest BCUT2D eigenvalue weighted by Crippen LogP contribution is 2.21. The highest BCUT2D eigenvalue weighted by molar-refractivity contribution is 6.00. The number of hydrogen-bond acceptors (Lipinski definition) is 1. The van der Waals surface area contributed by atoms with Gasteiger partial charge in [-0.1, -0.05) is 26.0 Å². The summed E-state index contributed by atoms with van der Waals surface area (Å²) in [6.45, 7) is 4.07. The normalized spacial score (nSPS) is 10.9. The molecule has 0 aliphatic rings. The lowest BCUT2D eigenvalue weighted by molar-refractivity contribution is -0.116. The lowest BCUT2D eigenvalue weighted by Gasteiger charge is -2.08. The van der Waals surface area contributed by atoms with Crippen LogP contribution in [0.3, 0.4) is 0 Å². The van der Waals surface area contributed by atoms with Crippen LogP contribution < -0.4 is 5.32 Å². The van der Waals surface area contributed by atoms with E-state index in [0.717, 1.165) is 16.6 Å². The summed E-state index contributed by atoms with van der Waals surface area (Å²) >= 11 is 0. The van der Waals surface area contributed by atoms with Crippen molar-refractivity contribution in [2.75, 3.05) is 5.32 Å². The first-order valence-electron chi connectivity index (χ1n) is 5.53. The van der Waals surface area contributed by atoms with E-state index in [-0.39, 0.29) is 5.91 Å². The van der Waals surface area contributed by atoms with E-state index in [4.69, 9.17) is 0 Å². The third kappa shape index (κ3) is 2.24. The van der Waals surface area contributed by atoms with Crippen LogP contribution in [-0.2, 0) is 4.79 Å². The van der Waals surface area contributed by atoms with E-state index in [0.29, 0.717) is 12.3 Å². The Hall–Kier alpha value is -1.77. The highest BCUT2D eigenvalue weighted by atomic mass is 16.1. The van der Waals surface area contributed by atoms with E-state index in [2.05, 4.69) is 10.3 Å². The van der Waals surface area contributed by atoms with Crippen LogP contribution in [0.1, 0.15) is 20.3 Å². The van der Waals surface area contributed by atoms with Crippen molar-refractivity contribution in [3.63, 3.8) is 0 Å². The molecule has 0 fully saturated rings. The Labute approximate surface area is 94.9 Å². The number of hydrogen-bond donors (Lipinski definition) is 2. The van der Waals surface area contributed by atoms with Gasteiger partial charge in [0.05, 0.1) is 11.2 Å². The molecule has 1 heterocycles. The topological polar surface area (TPSA) is 44.9 Å². The molecule has 0 atom stereocenters. The number of carbonyl (C=O) groups excluding carboxylic acids is 1. The maximum Gasteiger partial charge on any atom is 0.224 e. The SMILES string of the molecule is CC(C)CC(=O)Nc1cccc2cc[nH]c12. The van der Waals surface area contributed by atoms with Gasteiger partial charge >= 0.3 is 0 Å². The molecular formula is C13H16N2O. The molecule has 1 amide bonds. The molecule has 0 unspecified atom stereocenters. The zero-order valence-electron chi connectivity index (χ0n) is 9.58. The van der Waals surface area contributed by atoms with Gasteiger partial charge in [0.2, 0.25) is 5.91 Å². The van der Waals surface area contributed by atoms with Crippen LogP contribution in [0.15, 0.2) is 30.5 Å². The summed E-state index contributed by atoms with van der Waals surface area (Å²) in [5.41, 5.74) is 1.84. The van der Waals surface area contributed by atoms with Gasteiger partial charge in [0.15, 0.2) is 0 Å². The van der Waals surface area contributed by atoms with Crippen molar-refractivity contribution in [1.29, 1.82) is 0 Å². The quantitative estimate of drug-likeness (QED) is 0.813. The van der Waals surface area contributed by atoms with Crippen molar-refractivity contribution in [3.05, 3.63) is 30.5 Å². The molecule has 0 saturated heterocycles. The monoisotopic (exact) mass is 216 g/mol. The molecule has 2 rings (SSSR count). The van der Waals surface area contributed by atoms with E-state index in [1.165, 1.54) is 0 Å². The molecular weight excluding hydrogens is 200 g/mol. The fourth-order valence-corrected chi connectivity index (χ4v) is 1.76. The second-order valence-corrected chi connectivity index (χ2v) is 4.39. The third-order valence-corrected chi connectivity index (χ3v) is 2.45. The van der Waals surface area contributed by atoms with Gasteiger partial charge in [-0.05, 0) is 18.1 Å². The lowest BCUT2D eigenvalue weighted by Crippen LogP contribution is -2.13. The van der Waals surface area contributed by atoms with Gasteiger partial charge < -0.3 is 10.3 Å². The number of nitrogens with one attached hydrogen (secondary N) is 2. The molecule has 16 heavy (non-hydrogen) atoms. The number of H-pyrrole nitrogens is 1. The van der Waals surface area contributed by atoms with Gasteiger partial charge in [-0.2, -0.15) is 0 Å². The minimum absolute atomic E-state index is 0.0668. The number of amides is 1. The van der Waals surface area contributed by atoms with Crippen molar-refractivity contribution in [2.24, 2.45) is 5.92 Å². The Morgan fingerprint density at radius 1 is 1.38 bits per heavy atom. The standard InChI is InChI=1S/C13H16N2O/c1-9(2)8-12(16)15-11-5-3-4-10-6-7-14-13(10)11/h3-7,9,14H,8H2,1-2H3,(H,15,16). The number of rotatable bonds is 3. The second kappa shape index (κ2) is 4.39. The summed E-state index contributed by atoms with van der Waals surface area (Å²) in [4.78, 5) is 14.8. The molecule has 0 radical (unpaired) electrons. The summed E-state index contributed by atoms with van der Waals surface area (Å²) in [5, 5.41) is 4.05. The van der Waals surface area contributed by atoms with Crippen molar-refractivity contribution in [2.45, 2.75) is 20.3 Å². The average molecular weight is 216 g/mol. The molecule has 0 spiro atoms. The summed E-state index contributed by atoms with van der Waals surface area (Å²) in [6, 6.07) is 7.87. The number of benzene rings is 1. The van der Waals surface area contributed by atoms with Gasteiger partial charge in [0.1, 0.15) is 0 Å². The van der Waals surface area contributed by atoms with Crippen molar-refractivity contribution >= 4 is 22.5 Å². The van der Waals surface area contributed by atoms with Crippen LogP contribution in [0.4, 0.5) is 5.69 Å². The van der Waals surface area contributed by atoms with Gasteiger partial charge in [0.25, 0.3) is 0 Å². The second-order valence-electron chi connectivity index (χ2n) is 4.39. The van der Waals surface area contributed by atoms with E-state index < -0.39 is 0 Å². The molecule has 84 valence electrons. The first-order valence-corrected chi connectivity index (χ1v) is 5.53. The smallest absolute Gasteiger partial charge is 0.224 e. The first kappa shape index (κ1) is 10.7. The van der Waals surface area contributed by atoms with Gasteiger partial charge in [-0.15, -0.1) is 0 Å². The highest BCUT2D eigenvalue weighted by Gasteiger charge is 2.07. The number of para-hydroxylation sites is 1. The van der Waals surface area contributed by atoms with Crippen LogP contribution in [-0.4, -0.2) is 10.9 Å². The first-order chi connectivity index (χ1) is 7.66. The lowest BCUT2D eigenvalue weighted by atomic mass is 10.1. The van der Waals surface area contributed by atoms with E-state index in [1.807, 2.05) is 44.3 Å². The van der Waals surface area contributed by atoms with Crippen molar-refractivity contribution < 1.29 is 4.79 Å². The zero-order valence-corrected chi connectivity index (χ0v) is 9.58. The van der Waals surface area contributed by atoms with E-state index in [1.54, 1.807) is 0 Å². The van der Waals surface area contributed by atoms with Gasteiger partial charge in [-0.25, -0.2) is 0 Å². The predicted molar refractivity (Wildman–Crippen MR) is 66.4 cm³/mol. The molecule has 0 saturated carbocycles. The molecule has 0 aliphatic carbocycles. The van der Waals surface area contributed by atoms with Gasteiger partial charge in [0, 0.05) is 18.0 Å². The van der Waals surface area contributed by atoms with E-state index in [9.17, 15) is 4.79 Å². The van der Waals surface area contributed by atoms with Crippen LogP contribution in [0.25, 0.3) is 10.9 Å². The average Bonchev–Trinajstić information content (AvgIpc) is 2.65. The maximum atomic E-state index is 11.7. The van der Waals surface area contributed by atoms with Crippen molar-refractivity contribution in [1.82, 2.24) is 4.98 Å². The minimum atomic E-state index is 0.0668. The Morgan fingerprint density at radius 2 is 2.19 bits per heavy atom. The number of aromatic amines is 1. The molecule has 2 aromatic rings. The zero-order chi connectivity index (χ0) is 11.5. The molecule has 0 bridgehead atoms. The fraction of sp³-hybridized carbons (Fsp3) is 0.308. The maximum absolute atomic E-state index is 11.7. The predicted octanol–water partition coefficient (Wildman–Crippen LogP) is 3.15. The molecule has 2 N–H and O–H groups in total. The van der Waals surface area contributed by atoms with Crippen LogP contribution in [0.5, 0.6) is 0 Å². The number of aromatic nitrogens is 1. The van der Waals surface area contributed by atoms with Crippen LogP contribution in [0.2, 0.25) is 0 Å². The summed E-state index contributed by atoms with van der Waals surface area (Å²) in [7, 11) is 0. The fourth-order valence-electron chi connectivity index (χ4n) is 1.76. The summed E-state index contributed by atoms with van der Waals surface area (Å²) < 4.78 is 0. The molecule has 3 nitrogen and oxygen atoms in total. The Morgan fingerprint density at radius 3 is 2.94 bits per heavy atom. The Kier molecular flexibility index (Phi) is 2.95. The third-order valence-electron chi connectivity index (χ3n) is 2.45. The number of carbonyl (C=O) groups is 1. The largest absolute Gasteiger partial charge is 0.359 e. The molecule has 3 heteroatoms. The van der Waals surface area contributed by atoms with Crippen LogP contribution >= 0.6 is 0 Å². The van der Waals surface area contributed by atoms with Crippen molar-refractivity contribution in [3.8, 4) is 0 Å². The Bertz CT molecular complexity index is 499. The molecule has 0 aliphatic heterocycles. The van der Waals surface area contributed by atoms with E-state index >= 15 is 0 Å². The Balaban J connectivity index is 2.20. The summed E-state index contributed by atoms with van der Waals surface area (Å²) in [6.07, 6.45) is 2.43. The van der Waals surface area contributed by atoms with Gasteiger partial charge in [-0.3, -0.25) is 4.79 Å². The minimum Gasteiger partial charge on any atom is -0.359 e. The number of anilines is 1. The molecule has 1 aromatic heterocycles. The summed E-state index contributed by atoms with van der Waals surface area (Å²) in [5.74, 6) is 0.444.